The van der Waals surface area contributed by atoms with Crippen LogP contribution >= 0.6 is 15.9 Å². The van der Waals surface area contributed by atoms with Gasteiger partial charge in [0.05, 0.1) is 24.5 Å². The zero-order valence-electron chi connectivity index (χ0n) is 13.7. The van der Waals surface area contributed by atoms with Gasteiger partial charge in [0.2, 0.25) is 15.9 Å². The fourth-order valence-electron chi connectivity index (χ4n) is 2.78. The maximum absolute atomic E-state index is 12.1. The highest BCUT2D eigenvalue weighted by molar-refractivity contribution is 9.10. The topological polar surface area (TPSA) is 79.7 Å². The van der Waals surface area contributed by atoms with Crippen LogP contribution in [0.25, 0.3) is 0 Å². The van der Waals surface area contributed by atoms with Gasteiger partial charge in [0, 0.05) is 43.2 Å². The van der Waals surface area contributed by atoms with Crippen LogP contribution in [0.3, 0.4) is 0 Å². The van der Waals surface area contributed by atoms with E-state index in [-0.39, 0.29) is 23.8 Å². The molecule has 0 saturated carbocycles. The summed E-state index contributed by atoms with van der Waals surface area (Å²) in [5, 5.41) is 2.85. The third kappa shape index (κ3) is 6.51. The van der Waals surface area contributed by atoms with Gasteiger partial charge in [-0.25, -0.2) is 13.1 Å². The SMILES string of the molecule is O=C(CCNS(=O)(=O)c1ccc(Br)cc1)NCCC[NH+]1CCCC1. The van der Waals surface area contributed by atoms with Crippen LogP contribution in [0.4, 0.5) is 0 Å². The molecule has 0 bridgehead atoms. The van der Waals surface area contributed by atoms with Gasteiger partial charge in [-0.3, -0.25) is 4.79 Å². The predicted molar refractivity (Wildman–Crippen MR) is 96.4 cm³/mol. The lowest BCUT2D eigenvalue weighted by Crippen LogP contribution is -3.10. The molecule has 24 heavy (non-hydrogen) atoms. The fraction of sp³-hybridized carbons (Fsp3) is 0.562. The number of hydrogen-bond acceptors (Lipinski definition) is 3. The van der Waals surface area contributed by atoms with Crippen LogP contribution in [0.1, 0.15) is 25.7 Å². The van der Waals surface area contributed by atoms with Crippen LogP contribution in [0.5, 0.6) is 0 Å². The molecule has 6 nitrogen and oxygen atoms in total. The number of nitrogens with one attached hydrogen (secondary N) is 3. The molecule has 0 aromatic heterocycles. The Bertz CT molecular complexity index is 628. The Morgan fingerprint density at radius 2 is 1.79 bits per heavy atom. The van der Waals surface area contributed by atoms with E-state index in [4.69, 9.17) is 0 Å². The second kappa shape index (κ2) is 9.50. The van der Waals surface area contributed by atoms with Crippen molar-refractivity contribution in [2.24, 2.45) is 0 Å². The molecule has 1 aliphatic rings. The summed E-state index contributed by atoms with van der Waals surface area (Å²) >= 11 is 3.27. The van der Waals surface area contributed by atoms with Crippen LogP contribution < -0.4 is 14.9 Å². The number of halogens is 1. The van der Waals surface area contributed by atoms with Crippen LogP contribution in [-0.2, 0) is 14.8 Å². The molecule has 8 heteroatoms. The second-order valence-corrected chi connectivity index (χ2v) is 8.69. The standard InChI is InChI=1S/C16H24BrN3O3S/c17-14-4-6-15(7-5-14)24(22,23)19-10-8-16(21)18-9-3-13-20-11-1-2-12-20/h4-7,19H,1-3,8-13H2,(H,18,21)/p+1. The van der Waals surface area contributed by atoms with E-state index in [2.05, 4.69) is 26.0 Å². The first kappa shape index (κ1) is 19.4. The van der Waals surface area contributed by atoms with Gasteiger partial charge in [0.25, 0.3) is 0 Å². The number of carbonyl (C=O) groups excluding carboxylic acids is 1. The Kier molecular flexibility index (Phi) is 7.67. The molecule has 1 saturated heterocycles. The highest BCUT2D eigenvalue weighted by Gasteiger charge is 2.15. The third-order valence-corrected chi connectivity index (χ3v) is 6.11. The summed E-state index contributed by atoms with van der Waals surface area (Å²) in [5.74, 6) is -0.120. The second-order valence-electron chi connectivity index (χ2n) is 6.01. The minimum Gasteiger partial charge on any atom is -0.356 e. The number of amides is 1. The molecule has 0 atom stereocenters. The fourth-order valence-corrected chi connectivity index (χ4v) is 4.07. The van der Waals surface area contributed by atoms with E-state index in [1.54, 1.807) is 17.0 Å². The molecule has 1 fully saturated rings. The summed E-state index contributed by atoms with van der Waals surface area (Å²) in [6.07, 6.45) is 3.72. The first-order valence-electron chi connectivity index (χ1n) is 8.33. The van der Waals surface area contributed by atoms with E-state index in [1.807, 2.05) is 0 Å². The molecule has 3 N–H and O–H groups in total. The van der Waals surface area contributed by atoms with Gasteiger partial charge in [-0.1, -0.05) is 15.9 Å². The lowest BCUT2D eigenvalue weighted by atomic mass is 10.3. The quantitative estimate of drug-likeness (QED) is 0.504. The Balaban J connectivity index is 1.61. The lowest BCUT2D eigenvalue weighted by molar-refractivity contribution is -0.887. The summed E-state index contributed by atoms with van der Waals surface area (Å²) in [6.45, 7) is 4.33. The molecule has 1 aromatic rings. The summed E-state index contributed by atoms with van der Waals surface area (Å²) in [6, 6.07) is 6.38. The van der Waals surface area contributed by atoms with Crippen molar-refractivity contribution in [3.05, 3.63) is 28.7 Å². The van der Waals surface area contributed by atoms with E-state index in [0.717, 1.165) is 17.4 Å². The summed E-state index contributed by atoms with van der Waals surface area (Å²) in [5.41, 5.74) is 0. The highest BCUT2D eigenvalue weighted by atomic mass is 79.9. The Morgan fingerprint density at radius 3 is 2.46 bits per heavy atom. The zero-order valence-corrected chi connectivity index (χ0v) is 16.1. The number of hydrogen-bond donors (Lipinski definition) is 3. The minimum atomic E-state index is -3.56. The van der Waals surface area contributed by atoms with Gasteiger partial charge in [-0.05, 0) is 24.3 Å². The number of quaternary nitrogens is 1. The lowest BCUT2D eigenvalue weighted by Gasteiger charge is -2.12. The molecule has 0 radical (unpaired) electrons. The van der Waals surface area contributed by atoms with E-state index in [1.165, 1.54) is 38.1 Å². The molecule has 134 valence electrons. The van der Waals surface area contributed by atoms with Crippen LogP contribution in [0, 0.1) is 0 Å². The summed E-state index contributed by atoms with van der Waals surface area (Å²) in [7, 11) is -3.56. The molecule has 2 rings (SSSR count). The maximum atomic E-state index is 12.1. The number of benzene rings is 1. The molecule has 0 unspecified atom stereocenters. The molecular weight excluding hydrogens is 394 g/mol. The number of rotatable bonds is 9. The molecule has 0 spiro atoms. The van der Waals surface area contributed by atoms with Gasteiger partial charge in [-0.2, -0.15) is 0 Å². The van der Waals surface area contributed by atoms with Crippen LogP contribution in [0.2, 0.25) is 0 Å². The molecule has 1 aromatic carbocycles. The van der Waals surface area contributed by atoms with Gasteiger partial charge < -0.3 is 10.2 Å². The minimum absolute atomic E-state index is 0.0988. The van der Waals surface area contributed by atoms with Crippen LogP contribution in [0.15, 0.2) is 33.6 Å². The van der Waals surface area contributed by atoms with Crippen molar-refractivity contribution < 1.29 is 18.1 Å². The average Bonchev–Trinajstić information content (AvgIpc) is 3.05. The van der Waals surface area contributed by atoms with E-state index < -0.39 is 10.0 Å². The van der Waals surface area contributed by atoms with Gasteiger partial charge in [0.15, 0.2) is 0 Å². The molecular formula is C16H25BrN3O3S+. The maximum Gasteiger partial charge on any atom is 0.240 e. The number of likely N-dealkylation sites (tertiary alicyclic amines) is 1. The van der Waals surface area contributed by atoms with Crippen molar-refractivity contribution in [1.82, 2.24) is 10.0 Å². The van der Waals surface area contributed by atoms with E-state index in [0.29, 0.717) is 6.54 Å². The van der Waals surface area contributed by atoms with Gasteiger partial charge in [-0.15, -0.1) is 0 Å². The van der Waals surface area contributed by atoms with Crippen molar-refractivity contribution in [3.8, 4) is 0 Å². The van der Waals surface area contributed by atoms with Crippen molar-refractivity contribution >= 4 is 31.9 Å². The van der Waals surface area contributed by atoms with E-state index >= 15 is 0 Å². The Labute approximate surface area is 152 Å². The Morgan fingerprint density at radius 1 is 1.12 bits per heavy atom. The van der Waals surface area contributed by atoms with Gasteiger partial charge in [0.1, 0.15) is 0 Å². The highest BCUT2D eigenvalue weighted by Crippen LogP contribution is 2.14. The van der Waals surface area contributed by atoms with E-state index in [9.17, 15) is 13.2 Å². The average molecular weight is 419 g/mol. The number of sulfonamides is 1. The van der Waals surface area contributed by atoms with Crippen molar-refractivity contribution in [2.45, 2.75) is 30.6 Å². The molecule has 0 aliphatic carbocycles. The number of carbonyl (C=O) groups is 1. The zero-order chi connectivity index (χ0) is 17.4. The summed E-state index contributed by atoms with van der Waals surface area (Å²) < 4.78 is 27.4. The third-order valence-electron chi connectivity index (χ3n) is 4.11. The molecule has 1 heterocycles. The first-order valence-corrected chi connectivity index (χ1v) is 10.6. The van der Waals surface area contributed by atoms with Crippen LogP contribution in [-0.4, -0.2) is 47.0 Å². The summed E-state index contributed by atoms with van der Waals surface area (Å²) in [4.78, 5) is 13.6. The largest absolute Gasteiger partial charge is 0.356 e. The van der Waals surface area contributed by atoms with Crippen molar-refractivity contribution in [3.63, 3.8) is 0 Å². The Hall–Kier alpha value is -0.960. The predicted octanol–water partition coefficient (Wildman–Crippen LogP) is 0.303. The normalized spacial score (nSPS) is 15.5. The first-order chi connectivity index (χ1) is 11.5. The monoisotopic (exact) mass is 418 g/mol. The smallest absolute Gasteiger partial charge is 0.240 e. The van der Waals surface area contributed by atoms with Crippen molar-refractivity contribution in [1.29, 1.82) is 0 Å². The van der Waals surface area contributed by atoms with Crippen molar-refractivity contribution in [2.75, 3.05) is 32.7 Å². The molecule has 1 aliphatic heterocycles. The van der Waals surface area contributed by atoms with Gasteiger partial charge >= 0.3 is 0 Å². The molecule has 1 amide bonds.